The van der Waals surface area contributed by atoms with Gasteiger partial charge in [0.2, 0.25) is 11.8 Å². The Hall–Kier alpha value is -3.35. The summed E-state index contributed by atoms with van der Waals surface area (Å²) in [6, 6.07) is 14.0. The Morgan fingerprint density at radius 3 is 2.53 bits per heavy atom. The molecule has 0 fully saturated rings. The third kappa shape index (κ3) is 6.07. The second kappa shape index (κ2) is 8.98. The van der Waals surface area contributed by atoms with Crippen LogP contribution >= 0.6 is 0 Å². The summed E-state index contributed by atoms with van der Waals surface area (Å²) < 4.78 is 5.32. The number of rotatable bonds is 5. The van der Waals surface area contributed by atoms with Gasteiger partial charge in [0.1, 0.15) is 11.6 Å². The summed E-state index contributed by atoms with van der Waals surface area (Å²) in [5.41, 5.74) is 2.59. The van der Waals surface area contributed by atoms with Crippen molar-refractivity contribution in [1.82, 2.24) is 5.32 Å². The molecule has 158 valence electrons. The topological polar surface area (TPSA) is 96.5 Å². The summed E-state index contributed by atoms with van der Waals surface area (Å²) in [5, 5.41) is 8.37. The molecule has 30 heavy (non-hydrogen) atoms. The van der Waals surface area contributed by atoms with Crippen LogP contribution in [-0.2, 0) is 27.2 Å². The molecule has 0 saturated heterocycles. The van der Waals surface area contributed by atoms with Crippen LogP contribution in [-0.4, -0.2) is 29.6 Å². The lowest BCUT2D eigenvalue weighted by molar-refractivity contribution is -0.118. The molecule has 0 unspecified atom stereocenters. The normalized spacial score (nSPS) is 14.2. The first-order chi connectivity index (χ1) is 14.2. The molecule has 3 amide bonds. The van der Waals surface area contributed by atoms with Crippen molar-refractivity contribution in [2.24, 2.45) is 0 Å². The first-order valence-electron chi connectivity index (χ1n) is 9.97. The molecule has 3 rings (SSSR count). The highest BCUT2D eigenvalue weighted by Gasteiger charge is 2.25. The number of nitrogens with one attached hydrogen (secondary N) is 3. The molecule has 7 nitrogen and oxygen atoms in total. The van der Waals surface area contributed by atoms with Gasteiger partial charge in [-0.1, -0.05) is 30.3 Å². The summed E-state index contributed by atoms with van der Waals surface area (Å²) in [5.74, 6) is -0.353. The summed E-state index contributed by atoms with van der Waals surface area (Å²) in [6.45, 7) is 5.31. The average molecular weight is 409 g/mol. The number of carbonyl (C=O) groups is 3. The quantitative estimate of drug-likeness (QED) is 0.702. The van der Waals surface area contributed by atoms with E-state index < -0.39 is 17.7 Å². The summed E-state index contributed by atoms with van der Waals surface area (Å²) >= 11 is 0. The van der Waals surface area contributed by atoms with Crippen LogP contribution in [0.5, 0.6) is 0 Å². The molecule has 1 aliphatic rings. The third-order valence-electron chi connectivity index (χ3n) is 4.56. The molecule has 0 radical (unpaired) electrons. The molecule has 2 aromatic rings. The van der Waals surface area contributed by atoms with Crippen molar-refractivity contribution in [1.29, 1.82) is 0 Å². The van der Waals surface area contributed by atoms with Gasteiger partial charge in [-0.3, -0.25) is 9.59 Å². The summed E-state index contributed by atoms with van der Waals surface area (Å²) in [7, 11) is 0. The largest absolute Gasteiger partial charge is 0.444 e. The lowest BCUT2D eigenvalue weighted by Crippen LogP contribution is -2.47. The number of anilines is 2. The molecule has 1 atom stereocenters. The zero-order valence-electron chi connectivity index (χ0n) is 17.5. The molecule has 1 aliphatic heterocycles. The predicted octanol–water partition coefficient (Wildman–Crippen LogP) is 3.65. The maximum atomic E-state index is 13.0. The first kappa shape index (κ1) is 21.4. The van der Waals surface area contributed by atoms with E-state index in [1.54, 1.807) is 32.9 Å². The number of fused-ring (bicyclic) bond motifs is 1. The Morgan fingerprint density at radius 1 is 1.10 bits per heavy atom. The zero-order chi connectivity index (χ0) is 21.7. The monoisotopic (exact) mass is 409 g/mol. The van der Waals surface area contributed by atoms with E-state index in [2.05, 4.69) is 16.0 Å². The molecule has 0 spiro atoms. The minimum Gasteiger partial charge on any atom is -0.444 e. The van der Waals surface area contributed by atoms with Crippen LogP contribution in [0.1, 0.15) is 38.3 Å². The molecule has 0 aliphatic carbocycles. The predicted molar refractivity (Wildman–Crippen MR) is 115 cm³/mol. The van der Waals surface area contributed by atoms with E-state index in [0.29, 0.717) is 24.9 Å². The third-order valence-corrected chi connectivity index (χ3v) is 4.56. The van der Waals surface area contributed by atoms with Crippen LogP contribution in [0, 0.1) is 0 Å². The van der Waals surface area contributed by atoms with Crippen LogP contribution in [0.4, 0.5) is 16.2 Å². The molecular formula is C23H27N3O4. The highest BCUT2D eigenvalue weighted by Crippen LogP contribution is 2.25. The molecule has 1 heterocycles. The number of hydrogen-bond donors (Lipinski definition) is 3. The smallest absolute Gasteiger partial charge is 0.408 e. The Kier molecular flexibility index (Phi) is 6.40. The van der Waals surface area contributed by atoms with Crippen molar-refractivity contribution in [2.45, 2.75) is 51.7 Å². The fraction of sp³-hybridized carbons (Fsp3) is 0.348. The number of benzene rings is 2. The second-order valence-electron chi connectivity index (χ2n) is 8.30. The molecular weight excluding hydrogens is 382 g/mol. The van der Waals surface area contributed by atoms with Gasteiger partial charge in [0.05, 0.1) is 0 Å². The fourth-order valence-corrected chi connectivity index (χ4v) is 3.20. The van der Waals surface area contributed by atoms with Crippen molar-refractivity contribution in [3.63, 3.8) is 0 Å². The van der Waals surface area contributed by atoms with Gasteiger partial charge in [-0.2, -0.15) is 0 Å². The standard InChI is InChI=1S/C23H27N3O4/c1-23(2,3)30-22(29)26-19(13-15-7-5-4-6-8-15)21(28)24-17-10-11-18-16(14-17)9-12-20(27)25-18/h4-8,10-11,14,19H,9,12-13H2,1-3H3,(H,24,28)(H,25,27)(H,26,29)/t19-/m0/s1. The van der Waals surface area contributed by atoms with E-state index in [1.165, 1.54) is 0 Å². The molecule has 0 aromatic heterocycles. The average Bonchev–Trinajstić information content (AvgIpc) is 2.67. The highest BCUT2D eigenvalue weighted by molar-refractivity contribution is 5.98. The molecule has 3 N–H and O–H groups in total. The highest BCUT2D eigenvalue weighted by atomic mass is 16.6. The van der Waals surface area contributed by atoms with E-state index in [-0.39, 0.29) is 11.8 Å². The molecule has 0 saturated carbocycles. The van der Waals surface area contributed by atoms with Crippen molar-refractivity contribution >= 4 is 29.3 Å². The van der Waals surface area contributed by atoms with Crippen LogP contribution in [0.3, 0.4) is 0 Å². The summed E-state index contributed by atoms with van der Waals surface area (Å²) in [6.07, 6.45) is 0.717. The van der Waals surface area contributed by atoms with Crippen LogP contribution in [0.15, 0.2) is 48.5 Å². The van der Waals surface area contributed by atoms with Gasteiger partial charge < -0.3 is 20.7 Å². The van der Waals surface area contributed by atoms with E-state index in [9.17, 15) is 14.4 Å². The first-order valence-corrected chi connectivity index (χ1v) is 9.97. The second-order valence-corrected chi connectivity index (χ2v) is 8.30. The van der Waals surface area contributed by atoms with Crippen LogP contribution in [0.2, 0.25) is 0 Å². The minimum absolute atomic E-state index is 0.0104. The Morgan fingerprint density at radius 2 is 1.83 bits per heavy atom. The molecule has 2 aromatic carbocycles. The van der Waals surface area contributed by atoms with E-state index in [1.807, 2.05) is 36.4 Å². The Labute approximate surface area is 176 Å². The zero-order valence-corrected chi connectivity index (χ0v) is 17.5. The Balaban J connectivity index is 1.74. The van der Waals surface area contributed by atoms with Gasteiger partial charge in [-0.05, 0) is 56.5 Å². The van der Waals surface area contributed by atoms with Crippen molar-refractivity contribution in [3.05, 3.63) is 59.7 Å². The van der Waals surface area contributed by atoms with Crippen molar-refractivity contribution in [3.8, 4) is 0 Å². The lowest BCUT2D eigenvalue weighted by Gasteiger charge is -2.24. The van der Waals surface area contributed by atoms with Crippen LogP contribution in [0.25, 0.3) is 0 Å². The number of ether oxygens (including phenoxy) is 1. The Bertz CT molecular complexity index is 935. The molecule has 0 bridgehead atoms. The van der Waals surface area contributed by atoms with Gasteiger partial charge >= 0.3 is 6.09 Å². The summed E-state index contributed by atoms with van der Waals surface area (Å²) in [4.78, 5) is 36.8. The fourth-order valence-electron chi connectivity index (χ4n) is 3.20. The number of carbonyl (C=O) groups excluding carboxylic acids is 3. The van der Waals surface area contributed by atoms with E-state index in [4.69, 9.17) is 4.74 Å². The number of hydrogen-bond acceptors (Lipinski definition) is 4. The number of alkyl carbamates (subject to hydrolysis) is 1. The van der Waals surface area contributed by atoms with Gasteiger partial charge in [-0.25, -0.2) is 4.79 Å². The van der Waals surface area contributed by atoms with Gasteiger partial charge in [0, 0.05) is 24.2 Å². The maximum absolute atomic E-state index is 13.0. The SMILES string of the molecule is CC(C)(C)OC(=O)N[C@@H](Cc1ccccc1)C(=O)Nc1ccc2c(c1)CCC(=O)N2. The van der Waals surface area contributed by atoms with Crippen molar-refractivity contribution < 1.29 is 19.1 Å². The maximum Gasteiger partial charge on any atom is 0.408 e. The van der Waals surface area contributed by atoms with Crippen molar-refractivity contribution in [2.75, 3.05) is 10.6 Å². The van der Waals surface area contributed by atoms with E-state index >= 15 is 0 Å². The molecule has 7 heteroatoms. The minimum atomic E-state index is -0.807. The lowest BCUT2D eigenvalue weighted by atomic mass is 10.0. The van der Waals surface area contributed by atoms with Gasteiger partial charge in [0.25, 0.3) is 0 Å². The van der Waals surface area contributed by atoms with Gasteiger partial charge in [-0.15, -0.1) is 0 Å². The van der Waals surface area contributed by atoms with Gasteiger partial charge in [0.15, 0.2) is 0 Å². The van der Waals surface area contributed by atoms with Crippen LogP contribution < -0.4 is 16.0 Å². The van der Waals surface area contributed by atoms with E-state index in [0.717, 1.165) is 16.8 Å². The number of amides is 3. The number of aryl methyl sites for hydroxylation is 1.